The SMILES string of the molecule is ClC1=NNCN1Br. The number of halogens is 2. The van der Waals surface area contributed by atoms with Crippen LogP contribution in [0.3, 0.4) is 0 Å². The second-order valence-electron chi connectivity index (χ2n) is 1.06. The summed E-state index contributed by atoms with van der Waals surface area (Å²) in [6.45, 7) is 0.638. The molecule has 0 saturated carbocycles. The molecule has 1 rings (SSSR count). The molecule has 0 radical (unpaired) electrons. The highest BCUT2D eigenvalue weighted by Crippen LogP contribution is 2.05. The number of nitrogens with one attached hydrogen (secondary N) is 1. The summed E-state index contributed by atoms with van der Waals surface area (Å²) in [4.78, 5) is 0. The summed E-state index contributed by atoms with van der Waals surface area (Å²) in [5, 5.41) is 4.07. The third-order valence-electron chi connectivity index (χ3n) is 0.581. The van der Waals surface area contributed by atoms with Gasteiger partial charge in [-0.25, -0.2) is 0 Å². The first kappa shape index (κ1) is 5.18. The number of rotatable bonds is 0. The molecule has 0 aliphatic carbocycles. The molecule has 0 spiro atoms. The number of hydrogen-bond donors (Lipinski definition) is 1. The van der Waals surface area contributed by atoms with Crippen LogP contribution in [0.1, 0.15) is 0 Å². The van der Waals surface area contributed by atoms with Crippen molar-refractivity contribution < 1.29 is 0 Å². The molecule has 0 aromatic heterocycles. The molecule has 0 aromatic carbocycles. The van der Waals surface area contributed by atoms with Gasteiger partial charge < -0.3 is 0 Å². The summed E-state index contributed by atoms with van der Waals surface area (Å²) in [7, 11) is 0. The second kappa shape index (κ2) is 1.88. The Morgan fingerprint density at radius 3 is 2.86 bits per heavy atom. The molecule has 0 unspecified atom stereocenters. The van der Waals surface area contributed by atoms with Gasteiger partial charge in [-0.3, -0.25) is 9.35 Å². The summed E-state index contributed by atoms with van der Waals surface area (Å²) < 4.78 is 1.62. The van der Waals surface area contributed by atoms with E-state index >= 15 is 0 Å². The molecule has 3 nitrogen and oxygen atoms in total. The van der Waals surface area contributed by atoms with Gasteiger partial charge in [-0.1, -0.05) is 0 Å². The molecule has 40 valence electrons. The van der Waals surface area contributed by atoms with Crippen LogP contribution in [0.5, 0.6) is 0 Å². The number of amidine groups is 1. The van der Waals surface area contributed by atoms with Crippen molar-refractivity contribution in [2.24, 2.45) is 5.10 Å². The monoisotopic (exact) mass is 183 g/mol. The molecule has 1 N–H and O–H groups in total. The van der Waals surface area contributed by atoms with E-state index in [1.54, 1.807) is 3.93 Å². The number of hydrogen-bond acceptors (Lipinski definition) is 3. The van der Waals surface area contributed by atoms with Gasteiger partial charge in [0.2, 0.25) is 5.29 Å². The zero-order valence-corrected chi connectivity index (χ0v) is 5.70. The minimum Gasteiger partial charge on any atom is -0.287 e. The zero-order valence-electron chi connectivity index (χ0n) is 3.36. The van der Waals surface area contributed by atoms with E-state index in [2.05, 4.69) is 26.7 Å². The fraction of sp³-hybridized carbons (Fsp3) is 0.500. The van der Waals surface area contributed by atoms with Gasteiger partial charge in [0.25, 0.3) is 0 Å². The molecular formula is C2H3BrClN3. The van der Waals surface area contributed by atoms with Crippen LogP contribution in [0.4, 0.5) is 0 Å². The van der Waals surface area contributed by atoms with Gasteiger partial charge in [0.1, 0.15) is 6.67 Å². The fourth-order valence-electron chi connectivity index (χ4n) is 0.282. The molecule has 5 heteroatoms. The largest absolute Gasteiger partial charge is 0.287 e. The molecule has 0 aromatic rings. The first-order valence-corrected chi connectivity index (χ1v) is 2.79. The van der Waals surface area contributed by atoms with E-state index in [4.69, 9.17) is 11.6 Å². The topological polar surface area (TPSA) is 27.6 Å². The third kappa shape index (κ3) is 0.978. The molecule has 0 atom stereocenters. The van der Waals surface area contributed by atoms with Gasteiger partial charge in [-0.2, -0.15) is 0 Å². The number of nitrogens with zero attached hydrogens (tertiary/aromatic N) is 2. The van der Waals surface area contributed by atoms with Crippen LogP contribution in [-0.2, 0) is 0 Å². The Hall–Kier alpha value is 0.0400. The maximum Gasteiger partial charge on any atom is 0.228 e. The van der Waals surface area contributed by atoms with Crippen LogP contribution in [0.15, 0.2) is 5.10 Å². The summed E-state index contributed by atoms with van der Waals surface area (Å²) >= 11 is 8.54. The average molecular weight is 184 g/mol. The van der Waals surface area contributed by atoms with Gasteiger partial charge in [0.05, 0.1) is 16.1 Å². The Bertz CT molecular complexity index is 103. The molecule has 0 bridgehead atoms. The quantitative estimate of drug-likeness (QED) is 0.443. The summed E-state index contributed by atoms with van der Waals surface area (Å²) in [6, 6.07) is 0. The minimum absolute atomic E-state index is 0.444. The summed E-state index contributed by atoms with van der Waals surface area (Å²) in [5.41, 5.74) is 2.66. The standard InChI is InChI=1S/C2H3BrClN3/c3-7-1-5-6-2(7)4/h5H,1H2. The van der Waals surface area contributed by atoms with Crippen LogP contribution >= 0.6 is 27.7 Å². The van der Waals surface area contributed by atoms with Crippen LogP contribution in [-0.4, -0.2) is 15.9 Å². The van der Waals surface area contributed by atoms with Crippen molar-refractivity contribution >= 4 is 33.0 Å². The Labute approximate surface area is 54.7 Å². The lowest BCUT2D eigenvalue weighted by Gasteiger charge is -1.99. The van der Waals surface area contributed by atoms with Gasteiger partial charge in [0.15, 0.2) is 0 Å². The van der Waals surface area contributed by atoms with Crippen molar-refractivity contribution in [3.8, 4) is 0 Å². The van der Waals surface area contributed by atoms with E-state index in [9.17, 15) is 0 Å². The van der Waals surface area contributed by atoms with Gasteiger partial charge in [0, 0.05) is 0 Å². The van der Waals surface area contributed by atoms with Gasteiger partial charge >= 0.3 is 0 Å². The minimum atomic E-state index is 0.444. The van der Waals surface area contributed by atoms with E-state index in [1.807, 2.05) is 0 Å². The second-order valence-corrected chi connectivity index (χ2v) is 2.25. The predicted octanol–water partition coefficient (Wildman–Crippen LogP) is 0.669. The van der Waals surface area contributed by atoms with Gasteiger partial charge in [-0.05, 0) is 11.6 Å². The third-order valence-corrected chi connectivity index (χ3v) is 1.66. The first-order valence-electron chi connectivity index (χ1n) is 1.70. The first-order chi connectivity index (χ1) is 3.30. The lowest BCUT2D eigenvalue weighted by Crippen LogP contribution is -2.14. The van der Waals surface area contributed by atoms with Crippen LogP contribution in [0, 0.1) is 0 Å². The summed E-state index contributed by atoms with van der Waals surface area (Å²) in [6.07, 6.45) is 0. The molecular weight excluding hydrogens is 181 g/mol. The molecule has 0 saturated heterocycles. The highest BCUT2D eigenvalue weighted by molar-refractivity contribution is 9.07. The molecule has 1 aliphatic heterocycles. The highest BCUT2D eigenvalue weighted by atomic mass is 79.9. The Morgan fingerprint density at radius 1 is 2.00 bits per heavy atom. The lowest BCUT2D eigenvalue weighted by molar-refractivity contribution is 0.659. The lowest BCUT2D eigenvalue weighted by atomic mass is 11.1. The van der Waals surface area contributed by atoms with Crippen LogP contribution in [0.25, 0.3) is 0 Å². The van der Waals surface area contributed by atoms with Crippen molar-refractivity contribution in [3.05, 3.63) is 0 Å². The average Bonchev–Trinajstić information content (AvgIpc) is 1.91. The molecule has 1 aliphatic rings. The van der Waals surface area contributed by atoms with Crippen LogP contribution < -0.4 is 5.43 Å². The molecule has 1 heterocycles. The normalized spacial score (nSPS) is 19.1. The van der Waals surface area contributed by atoms with E-state index in [0.29, 0.717) is 12.0 Å². The van der Waals surface area contributed by atoms with Crippen molar-refractivity contribution in [1.82, 2.24) is 9.35 Å². The van der Waals surface area contributed by atoms with E-state index in [0.717, 1.165) is 0 Å². The summed E-state index contributed by atoms with van der Waals surface area (Å²) in [5.74, 6) is 0. The fourth-order valence-corrected chi connectivity index (χ4v) is 0.593. The zero-order chi connectivity index (χ0) is 5.28. The number of hydrazone groups is 1. The van der Waals surface area contributed by atoms with Crippen molar-refractivity contribution in [2.75, 3.05) is 6.67 Å². The van der Waals surface area contributed by atoms with E-state index in [1.165, 1.54) is 0 Å². The van der Waals surface area contributed by atoms with Crippen molar-refractivity contribution in [1.29, 1.82) is 0 Å². The maximum atomic E-state index is 5.43. The van der Waals surface area contributed by atoms with Gasteiger partial charge in [-0.15, -0.1) is 5.10 Å². The maximum absolute atomic E-state index is 5.43. The predicted molar refractivity (Wildman–Crippen MR) is 32.1 cm³/mol. The Morgan fingerprint density at radius 2 is 2.71 bits per heavy atom. The Kier molecular flexibility index (Phi) is 1.39. The highest BCUT2D eigenvalue weighted by Gasteiger charge is 2.08. The Balaban J connectivity index is 2.54. The van der Waals surface area contributed by atoms with Crippen LogP contribution in [0.2, 0.25) is 0 Å². The molecule has 7 heavy (non-hydrogen) atoms. The molecule has 0 fully saturated rings. The van der Waals surface area contributed by atoms with E-state index < -0.39 is 0 Å². The molecule has 0 amide bonds. The van der Waals surface area contributed by atoms with Crippen molar-refractivity contribution in [3.63, 3.8) is 0 Å². The van der Waals surface area contributed by atoms with E-state index in [-0.39, 0.29) is 0 Å². The van der Waals surface area contributed by atoms with Crippen molar-refractivity contribution in [2.45, 2.75) is 0 Å². The smallest absolute Gasteiger partial charge is 0.228 e.